The highest BCUT2D eigenvalue weighted by atomic mass is 79.9. The number of halogens is 2. The molecule has 72 valence electrons. The second-order valence-electron chi connectivity index (χ2n) is 2.52. The highest BCUT2D eigenvalue weighted by molar-refractivity contribution is 9.12. The molecule has 0 saturated carbocycles. The minimum Gasteiger partial charge on any atom is -0.290 e. The fourth-order valence-electron chi connectivity index (χ4n) is 1.10. The zero-order valence-corrected chi connectivity index (χ0v) is 9.35. The smallest absolute Gasteiger partial charge is 0.149 e. The van der Waals surface area contributed by atoms with Gasteiger partial charge >= 0.3 is 0 Å². The Balaban J connectivity index is 2.52. The molecule has 0 amide bonds. The molecule has 4 nitrogen and oxygen atoms in total. The van der Waals surface area contributed by atoms with E-state index in [4.69, 9.17) is 11.6 Å². The van der Waals surface area contributed by atoms with E-state index in [9.17, 15) is 0 Å². The molecule has 0 fully saturated rings. The van der Waals surface area contributed by atoms with Crippen molar-refractivity contribution in [2.24, 2.45) is 0 Å². The molecule has 6 heteroatoms. The molecule has 0 aromatic carbocycles. The minimum absolute atomic E-state index is 0.494. The van der Waals surface area contributed by atoms with Gasteiger partial charge in [0.05, 0.1) is 0 Å². The molecule has 14 heavy (non-hydrogen) atoms. The fraction of sp³-hybridized carbons (Fsp3) is 0. The summed E-state index contributed by atoms with van der Waals surface area (Å²) in [5.74, 6) is 0.752. The molecule has 0 aliphatic rings. The Morgan fingerprint density at radius 3 is 1.86 bits per heavy atom. The highest BCUT2D eigenvalue weighted by Gasteiger charge is 2.06. The number of hydrogen-bond donors (Lipinski definition) is 0. The summed E-state index contributed by atoms with van der Waals surface area (Å²) in [6.07, 6.45) is 10.3. The molecule has 2 heterocycles. The summed E-state index contributed by atoms with van der Waals surface area (Å²) in [4.78, 5) is 7.90. The Hall–Kier alpha value is -1.07. The molecule has 0 bridgehead atoms. The van der Waals surface area contributed by atoms with E-state index >= 15 is 0 Å². The summed E-state index contributed by atoms with van der Waals surface area (Å²) < 4.78 is 4.07. The van der Waals surface area contributed by atoms with E-state index in [-0.39, 0.29) is 0 Å². The van der Waals surface area contributed by atoms with Crippen molar-refractivity contribution in [1.82, 2.24) is 19.1 Å². The lowest BCUT2D eigenvalue weighted by molar-refractivity contribution is 0.755. The predicted molar refractivity (Wildman–Crippen MR) is 56.8 cm³/mol. The molecule has 0 saturated heterocycles. The quantitative estimate of drug-likeness (QED) is 0.840. The first-order valence-corrected chi connectivity index (χ1v) is 4.98. The molecule has 0 aliphatic carbocycles. The van der Waals surface area contributed by atoms with Gasteiger partial charge in [-0.15, -0.1) is 0 Å². The molecule has 2 rings (SSSR count). The Morgan fingerprint density at radius 2 is 1.57 bits per heavy atom. The topological polar surface area (TPSA) is 35.6 Å². The summed E-state index contributed by atoms with van der Waals surface area (Å²) in [6, 6.07) is 0. The van der Waals surface area contributed by atoms with E-state index < -0.39 is 0 Å². The summed E-state index contributed by atoms with van der Waals surface area (Å²) in [5, 5.41) is 0. The lowest BCUT2D eigenvalue weighted by Gasteiger charge is -2.08. The normalized spacial score (nSPS) is 10.1. The van der Waals surface area contributed by atoms with Crippen LogP contribution in [-0.2, 0) is 0 Å². The maximum atomic E-state index is 5.93. The van der Waals surface area contributed by atoms with Gasteiger partial charge in [0, 0.05) is 24.8 Å². The van der Waals surface area contributed by atoms with Crippen molar-refractivity contribution in [2.75, 3.05) is 0 Å². The largest absolute Gasteiger partial charge is 0.290 e. The molecular formula is C8H6BrClN4. The van der Waals surface area contributed by atoms with E-state index in [1.807, 2.05) is 0 Å². The summed E-state index contributed by atoms with van der Waals surface area (Å²) in [7, 11) is 0. The van der Waals surface area contributed by atoms with Crippen molar-refractivity contribution in [3.63, 3.8) is 0 Å². The molecular weight excluding hydrogens is 267 g/mol. The average molecular weight is 274 g/mol. The van der Waals surface area contributed by atoms with Gasteiger partial charge in [0.2, 0.25) is 0 Å². The van der Waals surface area contributed by atoms with Gasteiger partial charge in [-0.25, -0.2) is 9.97 Å². The minimum atomic E-state index is 0.494. The van der Waals surface area contributed by atoms with Crippen LogP contribution in [0, 0.1) is 5.82 Å². The van der Waals surface area contributed by atoms with E-state index in [0.29, 0.717) is 3.94 Å². The number of rotatable bonds is 2. The van der Waals surface area contributed by atoms with Crippen LogP contribution in [-0.4, -0.2) is 19.1 Å². The molecule has 0 radical (unpaired) electrons. The van der Waals surface area contributed by atoms with Gasteiger partial charge < -0.3 is 0 Å². The maximum Gasteiger partial charge on any atom is 0.149 e. The Bertz CT molecular complexity index is 392. The second kappa shape index (κ2) is 3.98. The van der Waals surface area contributed by atoms with Crippen LogP contribution in [0.1, 0.15) is 0 Å². The number of nitrogens with zero attached hydrogens (tertiary/aromatic N) is 4. The van der Waals surface area contributed by atoms with Gasteiger partial charge in [0.25, 0.3) is 0 Å². The van der Waals surface area contributed by atoms with Crippen molar-refractivity contribution < 1.29 is 0 Å². The molecule has 0 atom stereocenters. The first-order chi connectivity index (χ1) is 6.79. The van der Waals surface area contributed by atoms with Gasteiger partial charge in [-0.1, -0.05) is 11.6 Å². The fourth-order valence-corrected chi connectivity index (χ4v) is 1.70. The molecule has 0 N–H and O–H groups in total. The average Bonchev–Trinajstić information content (AvgIpc) is 2.75. The maximum absolute atomic E-state index is 5.93. The molecule has 0 aliphatic heterocycles. The van der Waals surface area contributed by atoms with Crippen LogP contribution in [0.25, 0.3) is 0 Å². The van der Waals surface area contributed by atoms with Crippen LogP contribution in [0.5, 0.6) is 0 Å². The van der Waals surface area contributed by atoms with E-state index in [0.717, 1.165) is 5.82 Å². The van der Waals surface area contributed by atoms with Gasteiger partial charge in [0.15, 0.2) is 0 Å². The van der Waals surface area contributed by atoms with Crippen LogP contribution in [0.15, 0.2) is 41.4 Å². The predicted octanol–water partition coefficient (Wildman–Crippen LogP) is 2.16. The lowest BCUT2D eigenvalue weighted by atomic mass is 10.7. The first kappa shape index (κ1) is 9.48. The zero-order valence-electron chi connectivity index (χ0n) is 7.01. The van der Waals surface area contributed by atoms with Gasteiger partial charge in [-0.2, -0.15) is 0 Å². The van der Waals surface area contributed by atoms with Gasteiger partial charge in [-0.05, 0) is 15.9 Å². The molecule has 2 aromatic rings. The van der Waals surface area contributed by atoms with Crippen molar-refractivity contribution in [2.45, 2.75) is 0 Å². The standard InChI is InChI=1S/C8H6BrClN4/c9-7(10)8(13-3-1-11-5-13)14-4-2-12-6-14/h1-6H. The number of imidazole rings is 2. The third-order valence-corrected chi connectivity index (χ3v) is 2.19. The van der Waals surface area contributed by atoms with Gasteiger partial charge in [0.1, 0.15) is 22.4 Å². The SMILES string of the molecule is ClC(Br)=C(n1ccnc1)n1ccnc1. The monoisotopic (exact) mass is 272 g/mol. The Morgan fingerprint density at radius 1 is 1.07 bits per heavy atom. The Labute approximate surface area is 94.0 Å². The zero-order chi connectivity index (χ0) is 9.97. The van der Waals surface area contributed by atoms with Crippen LogP contribution in [0.2, 0.25) is 0 Å². The third kappa shape index (κ3) is 1.73. The van der Waals surface area contributed by atoms with Crippen LogP contribution in [0.3, 0.4) is 0 Å². The van der Waals surface area contributed by atoms with Crippen molar-refractivity contribution in [3.8, 4) is 0 Å². The number of hydrogen-bond acceptors (Lipinski definition) is 2. The van der Waals surface area contributed by atoms with E-state index in [2.05, 4.69) is 25.9 Å². The second-order valence-corrected chi connectivity index (χ2v) is 4.15. The molecule has 2 aromatic heterocycles. The third-order valence-electron chi connectivity index (χ3n) is 1.67. The summed E-state index contributed by atoms with van der Waals surface area (Å²) >= 11 is 9.16. The van der Waals surface area contributed by atoms with E-state index in [1.165, 1.54) is 0 Å². The Kier molecular flexibility index (Phi) is 2.69. The molecule has 0 spiro atoms. The van der Waals surface area contributed by atoms with Crippen molar-refractivity contribution in [1.29, 1.82) is 0 Å². The van der Waals surface area contributed by atoms with Crippen molar-refractivity contribution >= 4 is 27.5 Å². The van der Waals surface area contributed by atoms with Crippen LogP contribution in [0.4, 0.5) is 0 Å². The first-order valence-electron chi connectivity index (χ1n) is 3.81. The number of aromatic nitrogens is 4. The highest BCUT2D eigenvalue weighted by Crippen LogP contribution is 2.18. The molecule has 0 unspecified atom stereocenters. The summed E-state index contributed by atoms with van der Waals surface area (Å²) in [6.45, 7) is 0. The van der Waals surface area contributed by atoms with E-state index in [1.54, 1.807) is 46.6 Å². The van der Waals surface area contributed by atoms with Crippen LogP contribution < -0.4 is 0 Å². The van der Waals surface area contributed by atoms with Crippen LogP contribution >= 0.6 is 27.5 Å². The van der Waals surface area contributed by atoms with Gasteiger partial charge in [-0.3, -0.25) is 9.13 Å². The van der Waals surface area contributed by atoms with Crippen molar-refractivity contribution in [3.05, 3.63) is 47.2 Å². The summed E-state index contributed by atoms with van der Waals surface area (Å²) in [5.41, 5.74) is 0. The lowest BCUT2D eigenvalue weighted by Crippen LogP contribution is -2.08.